The molecule has 0 aromatic heterocycles. The molecule has 1 aliphatic rings. The van der Waals surface area contributed by atoms with Gasteiger partial charge in [-0.3, -0.25) is 9.69 Å². The molecule has 4 nitrogen and oxygen atoms in total. The van der Waals surface area contributed by atoms with Crippen molar-refractivity contribution in [3.63, 3.8) is 0 Å². The first-order valence-corrected chi connectivity index (χ1v) is 6.45. The van der Waals surface area contributed by atoms with Crippen molar-refractivity contribution >= 4 is 5.78 Å². The van der Waals surface area contributed by atoms with Gasteiger partial charge in [-0.2, -0.15) is 0 Å². The maximum absolute atomic E-state index is 13.1. The van der Waals surface area contributed by atoms with Crippen LogP contribution in [0.5, 0.6) is 5.75 Å². The number of phenolic OH excluding ortho intramolecular Hbond substituents is 1. The topological polar surface area (TPSA) is 60.8 Å². The van der Waals surface area contributed by atoms with Gasteiger partial charge in [0.1, 0.15) is 11.6 Å². The first-order chi connectivity index (χ1) is 9.10. The number of halogens is 1. The van der Waals surface area contributed by atoms with Crippen molar-refractivity contribution in [2.45, 2.75) is 12.8 Å². The molecule has 0 amide bonds. The standard InChI is InChI=1S/C14H18FNO3/c15-11-3-4-13(18)12(6-11)14(19)8-16-5-1-2-10(7-16)9-17/h3-4,6,10,17-18H,1-2,5,7-9H2. The number of aromatic hydroxyl groups is 1. The highest BCUT2D eigenvalue weighted by Crippen LogP contribution is 2.20. The van der Waals surface area contributed by atoms with E-state index in [4.69, 9.17) is 5.11 Å². The molecule has 0 spiro atoms. The first-order valence-electron chi connectivity index (χ1n) is 6.45. The van der Waals surface area contributed by atoms with Gasteiger partial charge >= 0.3 is 0 Å². The maximum Gasteiger partial charge on any atom is 0.180 e. The van der Waals surface area contributed by atoms with E-state index >= 15 is 0 Å². The van der Waals surface area contributed by atoms with Crippen molar-refractivity contribution in [2.24, 2.45) is 5.92 Å². The highest BCUT2D eigenvalue weighted by atomic mass is 19.1. The maximum atomic E-state index is 13.1. The molecule has 19 heavy (non-hydrogen) atoms. The van der Waals surface area contributed by atoms with Crippen LogP contribution >= 0.6 is 0 Å². The zero-order valence-corrected chi connectivity index (χ0v) is 10.7. The summed E-state index contributed by atoms with van der Waals surface area (Å²) < 4.78 is 13.1. The van der Waals surface area contributed by atoms with Crippen molar-refractivity contribution in [3.05, 3.63) is 29.6 Å². The van der Waals surface area contributed by atoms with Crippen LogP contribution in [0.1, 0.15) is 23.2 Å². The molecule has 5 heteroatoms. The number of likely N-dealkylation sites (tertiary alicyclic amines) is 1. The molecular formula is C14H18FNO3. The minimum Gasteiger partial charge on any atom is -0.507 e. The number of nitrogens with zero attached hydrogens (tertiary/aromatic N) is 1. The minimum atomic E-state index is -0.534. The van der Waals surface area contributed by atoms with Gasteiger partial charge in [-0.1, -0.05) is 0 Å². The average molecular weight is 267 g/mol. The summed E-state index contributed by atoms with van der Waals surface area (Å²) in [5, 5.41) is 18.7. The molecule has 1 saturated heterocycles. The molecule has 104 valence electrons. The number of hydrogen-bond donors (Lipinski definition) is 2. The molecule has 1 aliphatic heterocycles. The van der Waals surface area contributed by atoms with Gasteiger partial charge in [-0.05, 0) is 43.5 Å². The number of rotatable bonds is 4. The van der Waals surface area contributed by atoms with Gasteiger partial charge in [0.2, 0.25) is 0 Å². The molecule has 2 N–H and O–H groups in total. The number of piperidine rings is 1. The van der Waals surface area contributed by atoms with E-state index in [2.05, 4.69) is 0 Å². The summed E-state index contributed by atoms with van der Waals surface area (Å²) in [7, 11) is 0. The fourth-order valence-corrected chi connectivity index (χ4v) is 2.46. The van der Waals surface area contributed by atoms with Crippen LogP contribution in [-0.2, 0) is 0 Å². The Morgan fingerprint density at radius 1 is 1.47 bits per heavy atom. The largest absolute Gasteiger partial charge is 0.507 e. The summed E-state index contributed by atoms with van der Waals surface area (Å²) in [4.78, 5) is 14.0. The van der Waals surface area contributed by atoms with Gasteiger partial charge in [0.05, 0.1) is 12.1 Å². The van der Waals surface area contributed by atoms with Crippen molar-refractivity contribution in [1.29, 1.82) is 0 Å². The fraction of sp³-hybridized carbons (Fsp3) is 0.500. The molecule has 2 rings (SSSR count). The van der Waals surface area contributed by atoms with E-state index in [0.717, 1.165) is 31.5 Å². The third-order valence-electron chi connectivity index (χ3n) is 3.49. The third kappa shape index (κ3) is 3.52. The van der Waals surface area contributed by atoms with E-state index in [9.17, 15) is 14.3 Å². The van der Waals surface area contributed by atoms with Crippen LogP contribution in [-0.4, -0.2) is 47.1 Å². The number of hydrogen-bond acceptors (Lipinski definition) is 4. The predicted octanol–water partition coefficient (Wildman–Crippen LogP) is 1.42. The van der Waals surface area contributed by atoms with E-state index in [1.54, 1.807) is 0 Å². The molecule has 0 aliphatic carbocycles. The van der Waals surface area contributed by atoms with Gasteiger partial charge in [-0.15, -0.1) is 0 Å². The molecule has 0 bridgehead atoms. The summed E-state index contributed by atoms with van der Waals surface area (Å²) in [6, 6.07) is 3.37. The van der Waals surface area contributed by atoms with Gasteiger partial charge in [0.15, 0.2) is 5.78 Å². The zero-order chi connectivity index (χ0) is 13.8. The van der Waals surface area contributed by atoms with Gasteiger partial charge in [-0.25, -0.2) is 4.39 Å². The number of benzene rings is 1. The second kappa shape index (κ2) is 6.12. The number of carbonyl (C=O) groups excluding carboxylic acids is 1. The van der Waals surface area contributed by atoms with Crippen molar-refractivity contribution in [2.75, 3.05) is 26.2 Å². The van der Waals surface area contributed by atoms with E-state index in [-0.39, 0.29) is 36.2 Å². The van der Waals surface area contributed by atoms with Crippen LogP contribution < -0.4 is 0 Å². The average Bonchev–Trinajstić information content (AvgIpc) is 2.41. The third-order valence-corrected chi connectivity index (χ3v) is 3.49. The number of ketones is 1. The lowest BCUT2D eigenvalue weighted by Crippen LogP contribution is -2.39. The Kier molecular flexibility index (Phi) is 4.50. The Morgan fingerprint density at radius 3 is 3.00 bits per heavy atom. The van der Waals surface area contributed by atoms with Gasteiger partial charge < -0.3 is 10.2 Å². The van der Waals surface area contributed by atoms with Crippen LogP contribution in [0.25, 0.3) is 0 Å². The van der Waals surface area contributed by atoms with Crippen LogP contribution in [0.2, 0.25) is 0 Å². The lowest BCUT2D eigenvalue weighted by Gasteiger charge is -2.31. The van der Waals surface area contributed by atoms with E-state index in [1.165, 1.54) is 6.07 Å². The molecule has 1 unspecified atom stereocenters. The molecule has 1 fully saturated rings. The molecule has 1 atom stereocenters. The number of aliphatic hydroxyl groups excluding tert-OH is 1. The highest BCUT2D eigenvalue weighted by molar-refractivity contribution is 6.00. The van der Waals surface area contributed by atoms with Crippen LogP contribution in [0, 0.1) is 11.7 Å². The smallest absolute Gasteiger partial charge is 0.180 e. The van der Waals surface area contributed by atoms with Crippen molar-refractivity contribution < 1.29 is 19.4 Å². The Hall–Kier alpha value is -1.46. The number of carbonyl (C=O) groups is 1. The summed E-state index contributed by atoms with van der Waals surface area (Å²) in [5.41, 5.74) is 0.0196. The van der Waals surface area contributed by atoms with Gasteiger partial charge in [0, 0.05) is 13.2 Å². The van der Waals surface area contributed by atoms with Crippen LogP contribution in [0.4, 0.5) is 4.39 Å². The summed E-state index contributed by atoms with van der Waals surface area (Å²) in [6.07, 6.45) is 1.90. The summed E-state index contributed by atoms with van der Waals surface area (Å²) in [5.74, 6) is -0.826. The lowest BCUT2D eigenvalue weighted by atomic mass is 9.98. The molecule has 0 saturated carbocycles. The molecule has 1 heterocycles. The predicted molar refractivity (Wildman–Crippen MR) is 68.6 cm³/mol. The van der Waals surface area contributed by atoms with E-state index < -0.39 is 5.82 Å². The minimum absolute atomic E-state index is 0.0196. The quantitative estimate of drug-likeness (QED) is 0.810. The van der Waals surface area contributed by atoms with Crippen molar-refractivity contribution in [3.8, 4) is 5.75 Å². The summed E-state index contributed by atoms with van der Waals surface area (Å²) >= 11 is 0. The number of phenols is 1. The summed E-state index contributed by atoms with van der Waals surface area (Å²) in [6.45, 7) is 1.72. The molecule has 1 aromatic carbocycles. The number of Topliss-reactive ketones (excluding diaryl/α,β-unsaturated/α-hetero) is 1. The second-order valence-corrected chi connectivity index (χ2v) is 5.01. The van der Waals surface area contributed by atoms with E-state index in [0.29, 0.717) is 6.54 Å². The van der Waals surface area contributed by atoms with E-state index in [1.807, 2.05) is 4.90 Å². The van der Waals surface area contributed by atoms with Crippen LogP contribution in [0.3, 0.4) is 0 Å². The normalized spacial score (nSPS) is 20.4. The second-order valence-electron chi connectivity index (χ2n) is 5.01. The number of aliphatic hydroxyl groups is 1. The first kappa shape index (κ1) is 14.0. The van der Waals surface area contributed by atoms with Gasteiger partial charge in [0.25, 0.3) is 0 Å². The SMILES string of the molecule is O=C(CN1CCCC(CO)C1)c1cc(F)ccc1O. The molecule has 0 radical (unpaired) electrons. The molecule has 1 aromatic rings. The molecular weight excluding hydrogens is 249 g/mol. The van der Waals surface area contributed by atoms with Crippen LogP contribution in [0.15, 0.2) is 18.2 Å². The fourth-order valence-electron chi connectivity index (χ4n) is 2.46. The Morgan fingerprint density at radius 2 is 2.26 bits per heavy atom. The monoisotopic (exact) mass is 267 g/mol. The van der Waals surface area contributed by atoms with Crippen molar-refractivity contribution in [1.82, 2.24) is 4.90 Å². The Bertz CT molecular complexity index is 464. The lowest BCUT2D eigenvalue weighted by molar-refractivity contribution is 0.0831. The Balaban J connectivity index is 2.02. The zero-order valence-electron chi connectivity index (χ0n) is 10.7. The Labute approximate surface area is 111 Å². The highest BCUT2D eigenvalue weighted by Gasteiger charge is 2.22.